The minimum absolute atomic E-state index is 0.124. The van der Waals surface area contributed by atoms with Gasteiger partial charge < -0.3 is 14.6 Å². The molecular formula is C24H20N4O2. The van der Waals surface area contributed by atoms with Gasteiger partial charge in [-0.05, 0) is 30.2 Å². The van der Waals surface area contributed by atoms with E-state index in [1.165, 1.54) is 5.56 Å². The number of aromatic nitrogens is 2. The lowest BCUT2D eigenvalue weighted by atomic mass is 10.2. The summed E-state index contributed by atoms with van der Waals surface area (Å²) < 4.78 is 5.39. The van der Waals surface area contributed by atoms with Gasteiger partial charge in [-0.3, -0.25) is 4.79 Å². The summed E-state index contributed by atoms with van der Waals surface area (Å²) in [6.07, 6.45) is 2.48. The standard InChI is InChI=1S/C24H20N4O2/c29-24(28-13-12-17-7-4-5-11-21(17)28)20-15-22(25-16-19-10-6-14-30-19)27-23(26-20)18-8-2-1-3-9-18/h1-11,14-15H,12-13,16H2,(H,25,26,27). The Morgan fingerprint density at radius 3 is 2.67 bits per heavy atom. The number of hydrogen-bond acceptors (Lipinski definition) is 5. The molecule has 0 spiro atoms. The van der Waals surface area contributed by atoms with Gasteiger partial charge in [-0.15, -0.1) is 0 Å². The average Bonchev–Trinajstić information content (AvgIpc) is 3.47. The van der Waals surface area contributed by atoms with Gasteiger partial charge in [-0.1, -0.05) is 48.5 Å². The molecule has 30 heavy (non-hydrogen) atoms. The van der Waals surface area contributed by atoms with Crippen LogP contribution >= 0.6 is 0 Å². The van der Waals surface area contributed by atoms with Gasteiger partial charge in [0.2, 0.25) is 0 Å². The molecule has 0 saturated heterocycles. The monoisotopic (exact) mass is 396 g/mol. The van der Waals surface area contributed by atoms with E-state index in [2.05, 4.69) is 21.4 Å². The molecule has 6 nitrogen and oxygen atoms in total. The highest BCUT2D eigenvalue weighted by atomic mass is 16.3. The quantitative estimate of drug-likeness (QED) is 0.536. The summed E-state index contributed by atoms with van der Waals surface area (Å²) in [5.41, 5.74) is 3.35. The molecule has 1 N–H and O–H groups in total. The predicted octanol–water partition coefficient (Wildman–Crippen LogP) is 4.55. The van der Waals surface area contributed by atoms with E-state index in [1.54, 1.807) is 17.2 Å². The maximum atomic E-state index is 13.4. The highest BCUT2D eigenvalue weighted by Crippen LogP contribution is 2.29. The summed E-state index contributed by atoms with van der Waals surface area (Å²) >= 11 is 0. The molecule has 0 fully saturated rings. The molecule has 0 atom stereocenters. The van der Waals surface area contributed by atoms with Crippen molar-refractivity contribution in [1.82, 2.24) is 9.97 Å². The Morgan fingerprint density at radius 1 is 1.00 bits per heavy atom. The Bertz CT molecular complexity index is 1170. The molecule has 0 aliphatic carbocycles. The van der Waals surface area contributed by atoms with Crippen LogP contribution in [0.2, 0.25) is 0 Å². The van der Waals surface area contributed by atoms with Crippen molar-refractivity contribution in [3.63, 3.8) is 0 Å². The molecule has 0 bridgehead atoms. The molecule has 0 saturated carbocycles. The van der Waals surface area contributed by atoms with Crippen LogP contribution in [0.3, 0.4) is 0 Å². The smallest absolute Gasteiger partial charge is 0.277 e. The number of carbonyl (C=O) groups excluding carboxylic acids is 1. The number of nitrogens with zero attached hydrogens (tertiary/aromatic N) is 3. The number of amides is 1. The number of nitrogens with one attached hydrogen (secondary N) is 1. The summed E-state index contributed by atoms with van der Waals surface area (Å²) in [7, 11) is 0. The SMILES string of the molecule is O=C(c1cc(NCc2ccco2)nc(-c2ccccc2)n1)N1CCc2ccccc21. The first-order valence-electron chi connectivity index (χ1n) is 9.88. The highest BCUT2D eigenvalue weighted by Gasteiger charge is 2.27. The Balaban J connectivity index is 1.50. The van der Waals surface area contributed by atoms with Crippen molar-refractivity contribution in [2.24, 2.45) is 0 Å². The fourth-order valence-electron chi connectivity index (χ4n) is 3.64. The average molecular weight is 396 g/mol. The van der Waals surface area contributed by atoms with Crippen LogP contribution < -0.4 is 10.2 Å². The van der Waals surface area contributed by atoms with E-state index in [4.69, 9.17) is 4.42 Å². The minimum atomic E-state index is -0.124. The normalized spacial score (nSPS) is 12.6. The van der Waals surface area contributed by atoms with Gasteiger partial charge in [-0.25, -0.2) is 9.97 Å². The minimum Gasteiger partial charge on any atom is -0.467 e. The van der Waals surface area contributed by atoms with E-state index >= 15 is 0 Å². The zero-order chi connectivity index (χ0) is 20.3. The van der Waals surface area contributed by atoms with E-state index in [9.17, 15) is 4.79 Å². The van der Waals surface area contributed by atoms with Crippen LogP contribution in [0, 0.1) is 0 Å². The van der Waals surface area contributed by atoms with Gasteiger partial charge in [-0.2, -0.15) is 0 Å². The van der Waals surface area contributed by atoms with E-state index in [0.29, 0.717) is 30.4 Å². The zero-order valence-corrected chi connectivity index (χ0v) is 16.3. The Hall–Kier alpha value is -3.93. The van der Waals surface area contributed by atoms with E-state index in [1.807, 2.05) is 60.7 Å². The molecule has 1 amide bonds. The molecule has 6 heteroatoms. The lowest BCUT2D eigenvalue weighted by Gasteiger charge is -2.18. The molecule has 1 aliphatic heterocycles. The molecule has 1 aliphatic rings. The first kappa shape index (κ1) is 18.1. The summed E-state index contributed by atoms with van der Waals surface area (Å²) in [5, 5.41) is 3.25. The Labute approximate surface area is 174 Å². The topological polar surface area (TPSA) is 71.3 Å². The maximum Gasteiger partial charge on any atom is 0.277 e. The number of benzene rings is 2. The van der Waals surface area contributed by atoms with Crippen LogP contribution in [0.5, 0.6) is 0 Å². The largest absolute Gasteiger partial charge is 0.467 e. The number of para-hydroxylation sites is 1. The van der Waals surface area contributed by atoms with Gasteiger partial charge >= 0.3 is 0 Å². The van der Waals surface area contributed by atoms with Crippen molar-refractivity contribution >= 4 is 17.4 Å². The van der Waals surface area contributed by atoms with Crippen LogP contribution in [0.4, 0.5) is 11.5 Å². The summed E-state index contributed by atoms with van der Waals surface area (Å²) in [5.74, 6) is 1.75. The van der Waals surface area contributed by atoms with Crippen LogP contribution in [-0.4, -0.2) is 22.4 Å². The fourth-order valence-corrected chi connectivity index (χ4v) is 3.64. The van der Waals surface area contributed by atoms with Gasteiger partial charge in [0.25, 0.3) is 5.91 Å². The molecule has 5 rings (SSSR count). The summed E-state index contributed by atoms with van der Waals surface area (Å²) in [6, 6.07) is 23.1. The van der Waals surface area contributed by atoms with E-state index < -0.39 is 0 Å². The van der Waals surface area contributed by atoms with Crippen molar-refractivity contribution in [3.8, 4) is 11.4 Å². The first-order chi connectivity index (χ1) is 14.8. The number of carbonyl (C=O) groups is 1. The number of rotatable bonds is 5. The van der Waals surface area contributed by atoms with Crippen molar-refractivity contribution in [1.29, 1.82) is 0 Å². The lowest BCUT2D eigenvalue weighted by Crippen LogP contribution is -2.30. The third-order valence-electron chi connectivity index (χ3n) is 5.13. The molecule has 4 aromatic rings. The third kappa shape index (κ3) is 3.55. The summed E-state index contributed by atoms with van der Waals surface area (Å²) in [6.45, 7) is 1.12. The van der Waals surface area contributed by atoms with Crippen LogP contribution in [0.1, 0.15) is 21.8 Å². The Morgan fingerprint density at radius 2 is 1.83 bits per heavy atom. The van der Waals surface area contributed by atoms with Crippen LogP contribution in [0.15, 0.2) is 83.5 Å². The maximum absolute atomic E-state index is 13.4. The predicted molar refractivity (Wildman–Crippen MR) is 115 cm³/mol. The van der Waals surface area contributed by atoms with E-state index in [-0.39, 0.29) is 5.91 Å². The first-order valence-corrected chi connectivity index (χ1v) is 9.88. The lowest BCUT2D eigenvalue weighted by molar-refractivity contribution is 0.0984. The van der Waals surface area contributed by atoms with Gasteiger partial charge in [0, 0.05) is 23.9 Å². The van der Waals surface area contributed by atoms with Crippen LogP contribution in [-0.2, 0) is 13.0 Å². The number of fused-ring (bicyclic) bond motifs is 1. The summed E-state index contributed by atoms with van der Waals surface area (Å²) in [4.78, 5) is 24.4. The van der Waals surface area contributed by atoms with Crippen molar-refractivity contribution < 1.29 is 9.21 Å². The van der Waals surface area contributed by atoms with Crippen molar-refractivity contribution in [3.05, 3.63) is 96.1 Å². The molecule has 2 aromatic carbocycles. The van der Waals surface area contributed by atoms with Crippen LogP contribution in [0.25, 0.3) is 11.4 Å². The van der Waals surface area contributed by atoms with Gasteiger partial charge in [0.05, 0.1) is 12.8 Å². The molecule has 148 valence electrons. The molecule has 3 heterocycles. The molecule has 0 radical (unpaired) electrons. The third-order valence-corrected chi connectivity index (χ3v) is 5.13. The van der Waals surface area contributed by atoms with Gasteiger partial charge in [0.1, 0.15) is 17.3 Å². The second kappa shape index (κ2) is 7.83. The second-order valence-corrected chi connectivity index (χ2v) is 7.10. The van der Waals surface area contributed by atoms with Gasteiger partial charge in [0.15, 0.2) is 5.82 Å². The fraction of sp³-hybridized carbons (Fsp3) is 0.125. The molecule has 0 unspecified atom stereocenters. The molecule has 2 aromatic heterocycles. The Kier molecular flexibility index (Phi) is 4.73. The van der Waals surface area contributed by atoms with Crippen molar-refractivity contribution in [2.75, 3.05) is 16.8 Å². The highest BCUT2D eigenvalue weighted by molar-refractivity contribution is 6.06. The number of hydrogen-bond donors (Lipinski definition) is 1. The zero-order valence-electron chi connectivity index (χ0n) is 16.3. The second-order valence-electron chi connectivity index (χ2n) is 7.10. The van der Waals surface area contributed by atoms with E-state index in [0.717, 1.165) is 23.4 Å². The number of furan rings is 1. The molecular weight excluding hydrogens is 376 g/mol. The number of anilines is 2. The van der Waals surface area contributed by atoms with Crippen molar-refractivity contribution in [2.45, 2.75) is 13.0 Å².